The van der Waals surface area contributed by atoms with Gasteiger partial charge in [0.25, 0.3) is 0 Å². The number of nitrogens with zero attached hydrogens (tertiary/aromatic N) is 3. The van der Waals surface area contributed by atoms with Crippen LogP contribution in [0.5, 0.6) is 0 Å². The van der Waals surface area contributed by atoms with Gasteiger partial charge in [-0.3, -0.25) is 9.38 Å². The summed E-state index contributed by atoms with van der Waals surface area (Å²) < 4.78 is 2.30. The molecule has 162 valence electrons. The number of rotatable bonds is 0. The van der Waals surface area contributed by atoms with E-state index in [1.165, 1.54) is 60.7 Å². The highest BCUT2D eigenvalue weighted by molar-refractivity contribution is 6.20. The molecule has 2 aliphatic carbocycles. The molecule has 3 heterocycles. The molecule has 0 unspecified atom stereocenters. The molecule has 0 spiro atoms. The number of benzene rings is 4. The van der Waals surface area contributed by atoms with Crippen molar-refractivity contribution >= 4 is 38.4 Å². The average molecular weight is 446 g/mol. The number of hydrogen-bond donors (Lipinski definition) is 0. The standard InChI is InChI=1S/C32H19N3/c1-2-6-21-18(5-1)15-19-9-11-22-24(29(19)21)16-20-10-12-23-31(30(20)22)25-17-33-14-13-27(25)35-28-8-4-3-7-26(28)34-32(23)35/h1-14,17H,15-16H2. The maximum Gasteiger partial charge on any atom is 0.146 e. The largest absolute Gasteiger partial charge is 0.292 e. The highest BCUT2D eigenvalue weighted by Crippen LogP contribution is 2.50. The molecular formula is C32H19N3. The average Bonchev–Trinajstić information content (AvgIpc) is 3.59. The highest BCUT2D eigenvalue weighted by Gasteiger charge is 2.30. The predicted molar refractivity (Wildman–Crippen MR) is 142 cm³/mol. The molecule has 9 rings (SSSR count). The zero-order valence-corrected chi connectivity index (χ0v) is 18.9. The summed E-state index contributed by atoms with van der Waals surface area (Å²) in [5, 5.41) is 3.65. The fraction of sp³-hybridized carbons (Fsp3) is 0.0625. The van der Waals surface area contributed by atoms with Crippen LogP contribution in [-0.2, 0) is 12.8 Å². The van der Waals surface area contributed by atoms with Crippen molar-refractivity contribution < 1.29 is 0 Å². The van der Waals surface area contributed by atoms with Gasteiger partial charge in [0.05, 0.1) is 16.6 Å². The van der Waals surface area contributed by atoms with Crippen molar-refractivity contribution in [3.8, 4) is 22.3 Å². The van der Waals surface area contributed by atoms with E-state index in [0.717, 1.165) is 35.0 Å². The highest BCUT2D eigenvalue weighted by atomic mass is 15.0. The molecule has 3 aromatic heterocycles. The van der Waals surface area contributed by atoms with Crippen LogP contribution >= 0.6 is 0 Å². The van der Waals surface area contributed by atoms with Gasteiger partial charge < -0.3 is 0 Å². The van der Waals surface area contributed by atoms with Crippen molar-refractivity contribution in [2.24, 2.45) is 0 Å². The van der Waals surface area contributed by atoms with E-state index >= 15 is 0 Å². The number of para-hydroxylation sites is 2. The minimum atomic E-state index is 0.974. The Morgan fingerprint density at radius 2 is 1.49 bits per heavy atom. The molecule has 7 aromatic rings. The van der Waals surface area contributed by atoms with Crippen LogP contribution in [0.2, 0.25) is 0 Å². The Hall–Kier alpha value is -4.50. The predicted octanol–water partition coefficient (Wildman–Crippen LogP) is 7.33. The van der Waals surface area contributed by atoms with Crippen LogP contribution in [-0.4, -0.2) is 14.4 Å². The number of pyridine rings is 2. The third-order valence-electron chi connectivity index (χ3n) is 8.10. The first kappa shape index (κ1) is 17.9. The van der Waals surface area contributed by atoms with Crippen LogP contribution in [0.25, 0.3) is 60.6 Å². The molecule has 0 amide bonds. The van der Waals surface area contributed by atoms with E-state index in [2.05, 4.69) is 88.2 Å². The maximum absolute atomic E-state index is 5.11. The Morgan fingerprint density at radius 3 is 2.49 bits per heavy atom. The van der Waals surface area contributed by atoms with E-state index in [-0.39, 0.29) is 0 Å². The molecule has 0 radical (unpaired) electrons. The second-order valence-corrected chi connectivity index (χ2v) is 9.81. The van der Waals surface area contributed by atoms with E-state index in [4.69, 9.17) is 4.98 Å². The molecule has 3 nitrogen and oxygen atoms in total. The first-order valence-electron chi connectivity index (χ1n) is 12.2. The lowest BCUT2D eigenvalue weighted by Crippen LogP contribution is -1.94. The van der Waals surface area contributed by atoms with Gasteiger partial charge in [0.15, 0.2) is 0 Å². The zero-order valence-electron chi connectivity index (χ0n) is 18.9. The molecule has 0 fully saturated rings. The van der Waals surface area contributed by atoms with E-state index in [1.807, 2.05) is 12.4 Å². The molecule has 3 heteroatoms. The van der Waals surface area contributed by atoms with Gasteiger partial charge in [0.2, 0.25) is 0 Å². The number of aromatic nitrogens is 3. The number of hydrogen-bond acceptors (Lipinski definition) is 2. The minimum absolute atomic E-state index is 0.974. The summed E-state index contributed by atoms with van der Waals surface area (Å²) in [4.78, 5) is 9.67. The van der Waals surface area contributed by atoms with Crippen LogP contribution in [0.4, 0.5) is 0 Å². The third-order valence-corrected chi connectivity index (χ3v) is 8.10. The van der Waals surface area contributed by atoms with Gasteiger partial charge in [-0.15, -0.1) is 0 Å². The first-order chi connectivity index (χ1) is 17.4. The lowest BCUT2D eigenvalue weighted by Gasteiger charge is -2.13. The normalized spacial score (nSPS) is 13.5. The number of imidazole rings is 1. The third kappa shape index (κ3) is 2.12. The molecule has 0 atom stereocenters. The Morgan fingerprint density at radius 1 is 0.629 bits per heavy atom. The molecule has 0 saturated carbocycles. The summed E-state index contributed by atoms with van der Waals surface area (Å²) in [6, 6.07) is 28.8. The molecule has 0 N–H and O–H groups in total. The molecule has 0 aliphatic heterocycles. The van der Waals surface area contributed by atoms with Crippen molar-refractivity contribution in [1.29, 1.82) is 0 Å². The Labute approximate surface area is 201 Å². The monoisotopic (exact) mass is 445 g/mol. The Balaban J connectivity index is 1.47. The lowest BCUT2D eigenvalue weighted by atomic mass is 9.93. The molecule has 2 aliphatic rings. The first-order valence-corrected chi connectivity index (χ1v) is 12.2. The van der Waals surface area contributed by atoms with Crippen LogP contribution < -0.4 is 0 Å². The fourth-order valence-electron chi connectivity index (χ4n) is 6.70. The van der Waals surface area contributed by atoms with Crippen LogP contribution in [0.1, 0.15) is 22.3 Å². The van der Waals surface area contributed by atoms with Crippen LogP contribution in [0.15, 0.2) is 91.3 Å². The van der Waals surface area contributed by atoms with Crippen molar-refractivity contribution in [2.45, 2.75) is 12.8 Å². The SMILES string of the molecule is c1ccc2c(c1)Cc1ccc3c(c1-2)Cc1ccc2c(c1-3)c1cnccc1n1c3ccccc3nc21. The number of fused-ring (bicyclic) bond motifs is 16. The van der Waals surface area contributed by atoms with E-state index in [0.29, 0.717) is 0 Å². The smallest absolute Gasteiger partial charge is 0.146 e. The van der Waals surface area contributed by atoms with Crippen molar-refractivity contribution in [3.05, 3.63) is 114 Å². The van der Waals surface area contributed by atoms with E-state index in [9.17, 15) is 0 Å². The zero-order chi connectivity index (χ0) is 22.7. The molecular weight excluding hydrogens is 426 g/mol. The van der Waals surface area contributed by atoms with E-state index in [1.54, 1.807) is 0 Å². The molecule has 35 heavy (non-hydrogen) atoms. The van der Waals surface area contributed by atoms with Crippen molar-refractivity contribution in [2.75, 3.05) is 0 Å². The second-order valence-electron chi connectivity index (χ2n) is 9.81. The quantitative estimate of drug-likeness (QED) is 0.229. The molecule has 4 aromatic carbocycles. The topological polar surface area (TPSA) is 30.2 Å². The lowest BCUT2D eigenvalue weighted by molar-refractivity contribution is 1.23. The summed E-state index contributed by atoms with van der Waals surface area (Å²) in [5.41, 5.74) is 15.7. The summed E-state index contributed by atoms with van der Waals surface area (Å²) in [7, 11) is 0. The van der Waals surface area contributed by atoms with Gasteiger partial charge in [-0.1, -0.05) is 60.7 Å². The van der Waals surface area contributed by atoms with Crippen molar-refractivity contribution in [1.82, 2.24) is 14.4 Å². The van der Waals surface area contributed by atoms with Crippen LogP contribution in [0, 0.1) is 0 Å². The second kappa shape index (κ2) is 6.13. The van der Waals surface area contributed by atoms with Gasteiger partial charge in [0, 0.05) is 28.6 Å². The van der Waals surface area contributed by atoms with Gasteiger partial charge in [-0.2, -0.15) is 0 Å². The van der Waals surface area contributed by atoms with Gasteiger partial charge >= 0.3 is 0 Å². The summed E-state index contributed by atoms with van der Waals surface area (Å²) >= 11 is 0. The van der Waals surface area contributed by atoms with Gasteiger partial charge in [0.1, 0.15) is 5.65 Å². The van der Waals surface area contributed by atoms with Crippen molar-refractivity contribution in [3.63, 3.8) is 0 Å². The fourth-order valence-corrected chi connectivity index (χ4v) is 6.70. The maximum atomic E-state index is 5.11. The van der Waals surface area contributed by atoms with E-state index < -0.39 is 0 Å². The summed E-state index contributed by atoms with van der Waals surface area (Å²) in [6.45, 7) is 0. The van der Waals surface area contributed by atoms with Gasteiger partial charge in [-0.25, -0.2) is 4.98 Å². The molecule has 0 saturated heterocycles. The Kier molecular flexibility index (Phi) is 3.14. The van der Waals surface area contributed by atoms with Gasteiger partial charge in [-0.05, 0) is 75.5 Å². The minimum Gasteiger partial charge on any atom is -0.292 e. The summed E-state index contributed by atoms with van der Waals surface area (Å²) in [6.07, 6.45) is 5.93. The molecule has 0 bridgehead atoms. The summed E-state index contributed by atoms with van der Waals surface area (Å²) in [5.74, 6) is 0. The van der Waals surface area contributed by atoms with Crippen LogP contribution in [0.3, 0.4) is 0 Å². The Bertz CT molecular complexity index is 2060.